The van der Waals surface area contributed by atoms with Crippen molar-refractivity contribution in [3.05, 3.63) is 72.1 Å². The van der Waals surface area contributed by atoms with Gasteiger partial charge in [0.1, 0.15) is 11.6 Å². The highest BCUT2D eigenvalue weighted by Gasteiger charge is 2.41. The van der Waals surface area contributed by atoms with Crippen LogP contribution in [0.1, 0.15) is 11.1 Å². The fourth-order valence-electron chi connectivity index (χ4n) is 4.56. The summed E-state index contributed by atoms with van der Waals surface area (Å²) in [6.07, 6.45) is 2.41. The molecule has 30 heavy (non-hydrogen) atoms. The summed E-state index contributed by atoms with van der Waals surface area (Å²) >= 11 is 0. The number of nitrogens with zero attached hydrogens (tertiary/aromatic N) is 2. The molecule has 2 aliphatic rings. The summed E-state index contributed by atoms with van der Waals surface area (Å²) in [6.45, 7) is 7.41. The van der Waals surface area contributed by atoms with Gasteiger partial charge in [0, 0.05) is 44.5 Å². The van der Waals surface area contributed by atoms with Crippen molar-refractivity contribution in [1.82, 2.24) is 10.2 Å². The summed E-state index contributed by atoms with van der Waals surface area (Å²) in [5.74, 6) is 0.535. The molecule has 6 heteroatoms. The van der Waals surface area contributed by atoms with Crippen molar-refractivity contribution in [2.24, 2.45) is 5.92 Å². The number of hydrogen-bond donors (Lipinski definition) is 1. The van der Waals surface area contributed by atoms with Crippen LogP contribution in [0.3, 0.4) is 0 Å². The third-order valence-corrected chi connectivity index (χ3v) is 6.09. The molecule has 0 unspecified atom stereocenters. The molecule has 1 saturated heterocycles. The third kappa shape index (κ3) is 4.19. The topological polar surface area (TPSA) is 44.8 Å². The molecular formula is C24H28FN3O2. The lowest BCUT2D eigenvalue weighted by Gasteiger charge is -2.49. The standard InChI is InChI=1S/C24H28FN3O2/c1-3-10-26-24(29)21-13-18-6-9-20(30-2)14-22(18)28-12-11-27(16-23(21)28)15-17-4-7-19(25)8-5-17/h3-9,14,21,23H,1,10-13,15-16H2,2H3,(H,26,29)/t21-,23+/m1/s1. The average molecular weight is 410 g/mol. The molecular weight excluding hydrogens is 381 g/mol. The predicted octanol–water partition coefficient (Wildman–Crippen LogP) is 3.00. The zero-order chi connectivity index (χ0) is 21.1. The average Bonchev–Trinajstić information content (AvgIpc) is 2.78. The molecule has 2 aromatic rings. The number of hydrogen-bond acceptors (Lipinski definition) is 4. The highest BCUT2D eigenvalue weighted by atomic mass is 19.1. The second-order valence-corrected chi connectivity index (χ2v) is 7.96. The maximum atomic E-state index is 13.2. The van der Waals surface area contributed by atoms with Crippen LogP contribution in [0.15, 0.2) is 55.1 Å². The molecule has 0 bridgehead atoms. The van der Waals surface area contributed by atoms with Crippen LogP contribution in [0.25, 0.3) is 0 Å². The van der Waals surface area contributed by atoms with Gasteiger partial charge in [0.05, 0.1) is 19.1 Å². The molecule has 1 fully saturated rings. The van der Waals surface area contributed by atoms with Crippen LogP contribution in [0.2, 0.25) is 0 Å². The van der Waals surface area contributed by atoms with Gasteiger partial charge in [-0.3, -0.25) is 9.69 Å². The van der Waals surface area contributed by atoms with Crippen LogP contribution in [0.5, 0.6) is 5.75 Å². The van der Waals surface area contributed by atoms with E-state index in [9.17, 15) is 9.18 Å². The van der Waals surface area contributed by atoms with E-state index in [1.54, 1.807) is 13.2 Å². The number of amides is 1. The van der Waals surface area contributed by atoms with Crippen LogP contribution < -0.4 is 15.0 Å². The number of anilines is 1. The van der Waals surface area contributed by atoms with E-state index in [1.807, 2.05) is 18.2 Å². The Morgan fingerprint density at radius 2 is 2.07 bits per heavy atom. The Morgan fingerprint density at radius 1 is 1.27 bits per heavy atom. The lowest BCUT2D eigenvalue weighted by Crippen LogP contribution is -2.60. The van der Waals surface area contributed by atoms with E-state index in [0.29, 0.717) is 13.0 Å². The fraction of sp³-hybridized carbons (Fsp3) is 0.375. The van der Waals surface area contributed by atoms with E-state index in [1.165, 1.54) is 17.7 Å². The van der Waals surface area contributed by atoms with Gasteiger partial charge in [-0.05, 0) is 35.7 Å². The number of benzene rings is 2. The first-order valence-electron chi connectivity index (χ1n) is 10.4. The smallest absolute Gasteiger partial charge is 0.225 e. The fourth-order valence-corrected chi connectivity index (χ4v) is 4.56. The Morgan fingerprint density at radius 3 is 2.80 bits per heavy atom. The molecule has 0 aliphatic carbocycles. The Kier molecular flexibility index (Phi) is 6.04. The summed E-state index contributed by atoms with van der Waals surface area (Å²) in [5.41, 5.74) is 3.42. The molecule has 0 saturated carbocycles. The number of rotatable bonds is 6. The van der Waals surface area contributed by atoms with Crippen molar-refractivity contribution in [3.63, 3.8) is 0 Å². The summed E-state index contributed by atoms with van der Waals surface area (Å²) in [6, 6.07) is 12.8. The van der Waals surface area contributed by atoms with Crippen molar-refractivity contribution in [2.45, 2.75) is 19.0 Å². The van der Waals surface area contributed by atoms with Crippen LogP contribution >= 0.6 is 0 Å². The van der Waals surface area contributed by atoms with Gasteiger partial charge in [0.25, 0.3) is 0 Å². The van der Waals surface area contributed by atoms with E-state index in [0.717, 1.165) is 43.2 Å². The second-order valence-electron chi connectivity index (χ2n) is 7.96. The molecule has 4 rings (SSSR count). The quantitative estimate of drug-likeness (QED) is 0.745. The molecule has 0 radical (unpaired) electrons. The predicted molar refractivity (Wildman–Crippen MR) is 116 cm³/mol. The monoisotopic (exact) mass is 409 g/mol. The Hall–Kier alpha value is -2.86. The lowest BCUT2D eigenvalue weighted by molar-refractivity contribution is -0.126. The summed E-state index contributed by atoms with van der Waals surface area (Å²) < 4.78 is 18.7. The lowest BCUT2D eigenvalue weighted by atomic mass is 9.83. The van der Waals surface area contributed by atoms with Crippen LogP contribution in [-0.2, 0) is 17.8 Å². The number of fused-ring (bicyclic) bond motifs is 3. The zero-order valence-corrected chi connectivity index (χ0v) is 17.3. The molecule has 0 spiro atoms. The molecule has 2 aliphatic heterocycles. The largest absolute Gasteiger partial charge is 0.497 e. The molecule has 2 heterocycles. The van der Waals surface area contributed by atoms with Crippen LogP contribution in [0, 0.1) is 11.7 Å². The van der Waals surface area contributed by atoms with Gasteiger partial charge >= 0.3 is 0 Å². The molecule has 2 atom stereocenters. The number of methoxy groups -OCH3 is 1. The first kappa shape index (κ1) is 20.4. The SMILES string of the molecule is C=CCNC(=O)[C@@H]1Cc2ccc(OC)cc2N2CCN(Cc3ccc(F)cc3)C[C@@H]12. The van der Waals surface area contributed by atoms with Crippen LogP contribution in [-0.4, -0.2) is 50.1 Å². The molecule has 0 aromatic heterocycles. The number of carbonyl (C=O) groups excluding carboxylic acids is 1. The van der Waals surface area contributed by atoms with Gasteiger partial charge in [-0.1, -0.05) is 24.3 Å². The van der Waals surface area contributed by atoms with E-state index in [-0.39, 0.29) is 23.7 Å². The maximum absolute atomic E-state index is 13.2. The Balaban J connectivity index is 1.58. The molecule has 5 nitrogen and oxygen atoms in total. The molecule has 1 N–H and O–H groups in total. The minimum Gasteiger partial charge on any atom is -0.497 e. The number of halogens is 1. The second kappa shape index (κ2) is 8.88. The van der Waals surface area contributed by atoms with E-state index in [2.05, 4.69) is 33.8 Å². The highest BCUT2D eigenvalue weighted by Crippen LogP contribution is 2.38. The Bertz CT molecular complexity index is 915. The van der Waals surface area contributed by atoms with Gasteiger partial charge in [-0.2, -0.15) is 0 Å². The van der Waals surface area contributed by atoms with Gasteiger partial charge in [0.15, 0.2) is 0 Å². The number of piperazine rings is 1. The molecule has 158 valence electrons. The number of nitrogens with one attached hydrogen (secondary N) is 1. The normalized spacial score (nSPS) is 20.8. The van der Waals surface area contributed by atoms with E-state index < -0.39 is 0 Å². The van der Waals surface area contributed by atoms with Crippen LogP contribution in [0.4, 0.5) is 10.1 Å². The Labute approximate surface area is 177 Å². The minimum atomic E-state index is -0.222. The number of ether oxygens (including phenoxy) is 1. The van der Waals surface area contributed by atoms with Gasteiger partial charge in [-0.15, -0.1) is 6.58 Å². The summed E-state index contributed by atoms with van der Waals surface area (Å²) in [5, 5.41) is 2.99. The highest BCUT2D eigenvalue weighted by molar-refractivity contribution is 5.82. The summed E-state index contributed by atoms with van der Waals surface area (Å²) in [7, 11) is 1.67. The van der Waals surface area contributed by atoms with Crippen molar-refractivity contribution in [1.29, 1.82) is 0 Å². The van der Waals surface area contributed by atoms with Crippen molar-refractivity contribution in [3.8, 4) is 5.75 Å². The summed E-state index contributed by atoms with van der Waals surface area (Å²) in [4.78, 5) is 17.7. The number of carbonyl (C=O) groups is 1. The zero-order valence-electron chi connectivity index (χ0n) is 17.3. The van der Waals surface area contributed by atoms with Crippen molar-refractivity contribution < 1.29 is 13.9 Å². The van der Waals surface area contributed by atoms with Crippen molar-refractivity contribution >= 4 is 11.6 Å². The van der Waals surface area contributed by atoms with Crippen molar-refractivity contribution in [2.75, 3.05) is 38.2 Å². The first-order chi connectivity index (χ1) is 14.6. The minimum absolute atomic E-state index is 0.0648. The van der Waals surface area contributed by atoms with Gasteiger partial charge in [-0.25, -0.2) is 4.39 Å². The van der Waals surface area contributed by atoms with Gasteiger partial charge in [0.2, 0.25) is 5.91 Å². The molecule has 1 amide bonds. The first-order valence-corrected chi connectivity index (χ1v) is 10.4. The van der Waals surface area contributed by atoms with E-state index in [4.69, 9.17) is 4.74 Å². The van der Waals surface area contributed by atoms with E-state index >= 15 is 0 Å². The third-order valence-electron chi connectivity index (χ3n) is 6.09. The maximum Gasteiger partial charge on any atom is 0.225 e. The van der Waals surface area contributed by atoms with Gasteiger partial charge < -0.3 is 15.0 Å². The molecule has 2 aromatic carbocycles.